The van der Waals surface area contributed by atoms with Crippen molar-refractivity contribution in [3.8, 4) is 0 Å². The molecule has 2 bridgehead atoms. The molecule has 2 aliphatic carbocycles. The van der Waals surface area contributed by atoms with Crippen molar-refractivity contribution in [3.63, 3.8) is 0 Å². The van der Waals surface area contributed by atoms with Gasteiger partial charge in [0.1, 0.15) is 0 Å². The lowest BCUT2D eigenvalue weighted by Crippen LogP contribution is -2.30. The fourth-order valence-electron chi connectivity index (χ4n) is 2.89. The van der Waals surface area contributed by atoms with Gasteiger partial charge < -0.3 is 5.11 Å². The molecule has 14 heavy (non-hydrogen) atoms. The monoisotopic (exact) mass is 186 g/mol. The van der Waals surface area contributed by atoms with E-state index in [9.17, 15) is 5.11 Å². The maximum Gasteiger partial charge on any atom is 0.0964 e. The van der Waals surface area contributed by atoms with E-state index in [2.05, 4.69) is 12.2 Å². The molecular formula is C13H14O. The molecular weight excluding hydrogens is 172 g/mol. The molecule has 1 nitrogen and oxygen atoms in total. The van der Waals surface area contributed by atoms with Crippen molar-refractivity contribution in [2.75, 3.05) is 0 Å². The van der Waals surface area contributed by atoms with E-state index in [1.807, 2.05) is 30.3 Å². The maximum absolute atomic E-state index is 10.6. The molecule has 0 aromatic heterocycles. The Morgan fingerprint density at radius 1 is 1.14 bits per heavy atom. The lowest BCUT2D eigenvalue weighted by molar-refractivity contribution is 0.0103. The Morgan fingerprint density at radius 2 is 1.93 bits per heavy atom. The van der Waals surface area contributed by atoms with Crippen LogP contribution in [0.15, 0.2) is 42.5 Å². The van der Waals surface area contributed by atoms with Crippen LogP contribution in [0.2, 0.25) is 0 Å². The van der Waals surface area contributed by atoms with E-state index in [1.54, 1.807) is 0 Å². The highest BCUT2D eigenvalue weighted by Crippen LogP contribution is 2.51. The van der Waals surface area contributed by atoms with Crippen LogP contribution in [0.4, 0.5) is 0 Å². The Bertz CT molecular complexity index is 368. The molecule has 0 saturated heterocycles. The van der Waals surface area contributed by atoms with E-state index in [-0.39, 0.29) is 0 Å². The molecule has 0 unspecified atom stereocenters. The quantitative estimate of drug-likeness (QED) is 0.668. The molecule has 0 amide bonds. The summed E-state index contributed by atoms with van der Waals surface area (Å²) in [5.41, 5.74) is 0.498. The third-order valence-electron chi connectivity index (χ3n) is 3.63. The van der Waals surface area contributed by atoms with Crippen LogP contribution < -0.4 is 0 Å². The largest absolute Gasteiger partial charge is 0.385 e. The second-order valence-corrected chi connectivity index (χ2v) is 4.48. The smallest absolute Gasteiger partial charge is 0.0964 e. The summed E-state index contributed by atoms with van der Waals surface area (Å²) in [6.07, 6.45) is 6.47. The first-order valence-electron chi connectivity index (χ1n) is 5.25. The van der Waals surface area contributed by atoms with Gasteiger partial charge in [0.25, 0.3) is 0 Å². The molecule has 1 saturated carbocycles. The standard InChI is InChI=1S/C13H14O/c14-13(11-4-2-1-3-5-11)9-10-6-7-12(13)8-10/h1-7,10,12,14H,8-9H2/t10-,12-,13-/m0/s1. The zero-order valence-corrected chi connectivity index (χ0v) is 8.06. The molecule has 1 N–H and O–H groups in total. The summed E-state index contributed by atoms with van der Waals surface area (Å²) >= 11 is 0. The molecule has 3 atom stereocenters. The minimum absolute atomic E-state index is 0.342. The third-order valence-corrected chi connectivity index (χ3v) is 3.63. The fraction of sp³-hybridized carbons (Fsp3) is 0.385. The number of rotatable bonds is 1. The number of fused-ring (bicyclic) bond motifs is 2. The summed E-state index contributed by atoms with van der Waals surface area (Å²) < 4.78 is 0. The molecule has 0 radical (unpaired) electrons. The third kappa shape index (κ3) is 0.992. The predicted molar refractivity (Wildman–Crippen MR) is 55.7 cm³/mol. The van der Waals surface area contributed by atoms with Gasteiger partial charge in [0.15, 0.2) is 0 Å². The van der Waals surface area contributed by atoms with Gasteiger partial charge in [-0.2, -0.15) is 0 Å². The molecule has 2 aliphatic rings. The fourth-order valence-corrected chi connectivity index (χ4v) is 2.89. The Morgan fingerprint density at radius 3 is 2.50 bits per heavy atom. The van der Waals surface area contributed by atoms with Crippen molar-refractivity contribution in [2.45, 2.75) is 18.4 Å². The predicted octanol–water partition coefficient (Wildman–Crippen LogP) is 2.47. The molecule has 0 spiro atoms. The van der Waals surface area contributed by atoms with Crippen LogP contribution in [-0.4, -0.2) is 5.11 Å². The van der Waals surface area contributed by atoms with Gasteiger partial charge in [-0.15, -0.1) is 0 Å². The van der Waals surface area contributed by atoms with E-state index in [0.29, 0.717) is 11.8 Å². The van der Waals surface area contributed by atoms with E-state index in [0.717, 1.165) is 18.4 Å². The summed E-state index contributed by atoms with van der Waals surface area (Å²) in [7, 11) is 0. The minimum atomic E-state index is -0.583. The van der Waals surface area contributed by atoms with Gasteiger partial charge in [0.05, 0.1) is 5.60 Å². The van der Waals surface area contributed by atoms with Crippen molar-refractivity contribution < 1.29 is 5.11 Å². The van der Waals surface area contributed by atoms with E-state index < -0.39 is 5.60 Å². The molecule has 0 heterocycles. The van der Waals surface area contributed by atoms with E-state index >= 15 is 0 Å². The van der Waals surface area contributed by atoms with Gasteiger partial charge in [0.2, 0.25) is 0 Å². The van der Waals surface area contributed by atoms with Crippen LogP contribution in [0, 0.1) is 11.8 Å². The Balaban J connectivity index is 2.03. The van der Waals surface area contributed by atoms with Gasteiger partial charge >= 0.3 is 0 Å². The molecule has 1 aromatic carbocycles. The van der Waals surface area contributed by atoms with Crippen LogP contribution >= 0.6 is 0 Å². The van der Waals surface area contributed by atoms with Gasteiger partial charge in [-0.3, -0.25) is 0 Å². The molecule has 3 rings (SSSR count). The Hall–Kier alpha value is -1.08. The van der Waals surface area contributed by atoms with Gasteiger partial charge in [0, 0.05) is 5.92 Å². The molecule has 1 aromatic rings. The van der Waals surface area contributed by atoms with Crippen molar-refractivity contribution in [2.24, 2.45) is 11.8 Å². The van der Waals surface area contributed by atoms with E-state index in [4.69, 9.17) is 0 Å². The van der Waals surface area contributed by atoms with Gasteiger partial charge in [-0.25, -0.2) is 0 Å². The summed E-state index contributed by atoms with van der Waals surface area (Å²) in [5.74, 6) is 0.945. The summed E-state index contributed by atoms with van der Waals surface area (Å²) in [4.78, 5) is 0. The molecule has 1 fully saturated rings. The van der Waals surface area contributed by atoms with E-state index in [1.165, 1.54) is 0 Å². The highest BCUT2D eigenvalue weighted by molar-refractivity contribution is 5.30. The highest BCUT2D eigenvalue weighted by atomic mass is 16.3. The number of benzene rings is 1. The normalized spacial score (nSPS) is 39.2. The van der Waals surface area contributed by atoms with Gasteiger partial charge in [-0.1, -0.05) is 42.5 Å². The second kappa shape index (κ2) is 2.71. The summed E-state index contributed by atoms with van der Waals surface area (Å²) in [6, 6.07) is 10.1. The van der Waals surface area contributed by atoms with Crippen LogP contribution in [0.1, 0.15) is 18.4 Å². The van der Waals surface area contributed by atoms with Gasteiger partial charge in [-0.05, 0) is 24.3 Å². The van der Waals surface area contributed by atoms with Crippen LogP contribution in [0.5, 0.6) is 0 Å². The van der Waals surface area contributed by atoms with Crippen molar-refractivity contribution in [3.05, 3.63) is 48.0 Å². The number of allylic oxidation sites excluding steroid dienone is 1. The topological polar surface area (TPSA) is 20.2 Å². The first kappa shape index (κ1) is 8.25. The average Bonchev–Trinajstić information content (AvgIpc) is 2.79. The highest BCUT2D eigenvalue weighted by Gasteiger charge is 2.47. The molecule has 72 valence electrons. The zero-order valence-electron chi connectivity index (χ0n) is 8.06. The maximum atomic E-state index is 10.6. The number of aliphatic hydroxyl groups is 1. The summed E-state index contributed by atoms with van der Waals surface area (Å²) in [6.45, 7) is 0. The van der Waals surface area contributed by atoms with Crippen LogP contribution in [-0.2, 0) is 5.60 Å². The Kier molecular flexibility index (Phi) is 1.59. The molecule has 0 aliphatic heterocycles. The Labute approximate surface area is 84.1 Å². The minimum Gasteiger partial charge on any atom is -0.385 e. The average molecular weight is 186 g/mol. The van der Waals surface area contributed by atoms with Crippen LogP contribution in [0.25, 0.3) is 0 Å². The molecule has 1 heteroatoms. The first-order valence-corrected chi connectivity index (χ1v) is 5.25. The lowest BCUT2D eigenvalue weighted by atomic mass is 9.82. The SMILES string of the molecule is O[C@]1(c2ccccc2)C[C@H]2C=C[C@H]1C2. The lowest BCUT2D eigenvalue weighted by Gasteiger charge is -2.30. The summed E-state index contributed by atoms with van der Waals surface area (Å²) in [5, 5.41) is 10.6. The first-order chi connectivity index (χ1) is 6.79. The number of hydrogen-bond acceptors (Lipinski definition) is 1. The second-order valence-electron chi connectivity index (χ2n) is 4.48. The van der Waals surface area contributed by atoms with Crippen molar-refractivity contribution in [1.29, 1.82) is 0 Å². The van der Waals surface area contributed by atoms with Crippen molar-refractivity contribution in [1.82, 2.24) is 0 Å². The van der Waals surface area contributed by atoms with Crippen LogP contribution in [0.3, 0.4) is 0 Å². The zero-order chi connectivity index (χ0) is 9.60. The number of hydrogen-bond donors (Lipinski definition) is 1. The van der Waals surface area contributed by atoms with Crippen molar-refractivity contribution >= 4 is 0 Å².